The fourth-order valence-electron chi connectivity index (χ4n) is 2.28. The Labute approximate surface area is 158 Å². The van der Waals surface area contributed by atoms with E-state index >= 15 is 0 Å². The van der Waals surface area contributed by atoms with Crippen molar-refractivity contribution in [1.82, 2.24) is 20.8 Å². The number of aromatic nitrogens is 2. The van der Waals surface area contributed by atoms with Gasteiger partial charge in [0.2, 0.25) is 17.7 Å². The van der Waals surface area contributed by atoms with E-state index in [1.54, 1.807) is 6.07 Å². The molecule has 2 amide bonds. The quantitative estimate of drug-likeness (QED) is 0.578. The Hall–Kier alpha value is -3.07. The van der Waals surface area contributed by atoms with Gasteiger partial charge in [0, 0.05) is 36.9 Å². The number of rotatable bonds is 8. The third-order valence-electron chi connectivity index (χ3n) is 3.65. The van der Waals surface area contributed by atoms with Crippen LogP contribution in [0.25, 0.3) is 11.5 Å². The smallest absolute Gasteiger partial charge is 0.254 e. The van der Waals surface area contributed by atoms with Gasteiger partial charge < -0.3 is 15.1 Å². The molecular formula is C18H17FN4O3S. The van der Waals surface area contributed by atoms with Gasteiger partial charge in [0.25, 0.3) is 5.91 Å². The van der Waals surface area contributed by atoms with Crippen LogP contribution in [0.15, 0.2) is 45.5 Å². The second-order valence-corrected chi connectivity index (χ2v) is 6.38. The Morgan fingerprint density at radius 3 is 2.70 bits per heavy atom. The number of carbonyl (C=O) groups excluding carboxylic acids is 2. The molecule has 0 spiro atoms. The molecule has 0 aliphatic heterocycles. The number of thiophene rings is 1. The Morgan fingerprint density at radius 2 is 1.93 bits per heavy atom. The van der Waals surface area contributed by atoms with E-state index < -0.39 is 11.7 Å². The van der Waals surface area contributed by atoms with Gasteiger partial charge in [-0.3, -0.25) is 9.59 Å². The fraction of sp³-hybridized carbons (Fsp3) is 0.222. The van der Waals surface area contributed by atoms with E-state index in [0.717, 1.165) is 5.56 Å². The summed E-state index contributed by atoms with van der Waals surface area (Å²) in [6.07, 6.45) is 0.511. The Balaban J connectivity index is 1.35. The average Bonchev–Trinajstić information content (AvgIpc) is 3.35. The van der Waals surface area contributed by atoms with Crippen molar-refractivity contribution < 1.29 is 18.4 Å². The molecule has 140 valence electrons. The van der Waals surface area contributed by atoms with Gasteiger partial charge in [-0.05, 0) is 23.6 Å². The summed E-state index contributed by atoms with van der Waals surface area (Å²) in [6, 6.07) is 7.60. The van der Waals surface area contributed by atoms with Gasteiger partial charge in [0.15, 0.2) is 0 Å². The molecule has 0 radical (unpaired) electrons. The van der Waals surface area contributed by atoms with Crippen LogP contribution in [-0.2, 0) is 11.2 Å². The van der Waals surface area contributed by atoms with Gasteiger partial charge in [0.05, 0.1) is 5.56 Å². The summed E-state index contributed by atoms with van der Waals surface area (Å²) in [6.45, 7) is 0.435. The van der Waals surface area contributed by atoms with Gasteiger partial charge in [-0.15, -0.1) is 10.2 Å². The number of nitrogens with one attached hydrogen (secondary N) is 2. The molecule has 7 nitrogen and oxygen atoms in total. The number of hydrogen-bond acceptors (Lipinski definition) is 6. The molecule has 0 bridgehead atoms. The van der Waals surface area contributed by atoms with E-state index in [1.807, 2.05) is 16.8 Å². The number of benzene rings is 1. The average molecular weight is 388 g/mol. The van der Waals surface area contributed by atoms with E-state index in [2.05, 4.69) is 20.8 Å². The molecule has 0 aliphatic carbocycles. The topological polar surface area (TPSA) is 97.1 Å². The largest absolute Gasteiger partial charge is 0.421 e. The molecule has 2 N–H and O–H groups in total. The first-order valence-electron chi connectivity index (χ1n) is 8.28. The van der Waals surface area contributed by atoms with E-state index in [-0.39, 0.29) is 31.0 Å². The van der Waals surface area contributed by atoms with Crippen molar-refractivity contribution in [2.24, 2.45) is 0 Å². The van der Waals surface area contributed by atoms with E-state index in [4.69, 9.17) is 4.42 Å². The van der Waals surface area contributed by atoms with E-state index in [1.165, 1.54) is 29.5 Å². The van der Waals surface area contributed by atoms with Gasteiger partial charge in [-0.25, -0.2) is 4.39 Å². The molecule has 2 heterocycles. The van der Waals surface area contributed by atoms with Crippen molar-refractivity contribution in [2.75, 3.05) is 13.1 Å². The maximum absolute atomic E-state index is 13.5. The monoisotopic (exact) mass is 388 g/mol. The fourth-order valence-corrected chi connectivity index (χ4v) is 2.91. The minimum atomic E-state index is -0.583. The van der Waals surface area contributed by atoms with Crippen molar-refractivity contribution in [3.05, 3.63) is 58.4 Å². The number of aryl methyl sites for hydroxylation is 1. The molecule has 0 fully saturated rings. The molecule has 2 aromatic heterocycles. The summed E-state index contributed by atoms with van der Waals surface area (Å²) in [5.74, 6) is -0.485. The lowest BCUT2D eigenvalue weighted by atomic mass is 10.2. The predicted molar refractivity (Wildman–Crippen MR) is 97.7 cm³/mol. The van der Waals surface area contributed by atoms with Crippen LogP contribution in [0, 0.1) is 5.82 Å². The number of amides is 2. The zero-order chi connectivity index (χ0) is 19.1. The van der Waals surface area contributed by atoms with Gasteiger partial charge in [0.1, 0.15) is 5.82 Å². The molecule has 1 aromatic carbocycles. The predicted octanol–water partition coefficient (Wildman–Crippen LogP) is 2.42. The van der Waals surface area contributed by atoms with Crippen LogP contribution in [0.1, 0.15) is 22.7 Å². The molecule has 3 rings (SSSR count). The number of nitrogens with zero attached hydrogens (tertiary/aromatic N) is 2. The molecule has 0 aliphatic rings. The minimum Gasteiger partial charge on any atom is -0.421 e. The van der Waals surface area contributed by atoms with Gasteiger partial charge in [-0.1, -0.05) is 12.1 Å². The number of carbonyl (C=O) groups is 2. The maximum Gasteiger partial charge on any atom is 0.254 e. The third kappa shape index (κ3) is 5.20. The van der Waals surface area contributed by atoms with E-state index in [9.17, 15) is 14.0 Å². The maximum atomic E-state index is 13.5. The highest BCUT2D eigenvalue weighted by Gasteiger charge is 2.12. The Morgan fingerprint density at radius 1 is 1.11 bits per heavy atom. The third-order valence-corrected chi connectivity index (χ3v) is 4.34. The van der Waals surface area contributed by atoms with Crippen LogP contribution in [0.5, 0.6) is 0 Å². The first-order valence-corrected chi connectivity index (χ1v) is 9.22. The van der Waals surface area contributed by atoms with E-state index in [0.29, 0.717) is 18.2 Å². The molecule has 0 saturated carbocycles. The first-order chi connectivity index (χ1) is 13.1. The Bertz CT molecular complexity index is 911. The zero-order valence-electron chi connectivity index (χ0n) is 14.3. The Kier molecular flexibility index (Phi) is 6.26. The second-order valence-electron chi connectivity index (χ2n) is 5.60. The standard InChI is InChI=1S/C18H17FN4O3S/c19-14-4-2-1-3-13(14)17(25)21-9-8-20-15(24)5-6-16-22-23-18(26-16)12-7-10-27-11-12/h1-4,7,10-11H,5-6,8-9H2,(H,20,24)(H,21,25). The van der Waals surface area contributed by atoms with Crippen molar-refractivity contribution in [3.8, 4) is 11.5 Å². The molecule has 0 atom stereocenters. The molecule has 0 unspecified atom stereocenters. The highest BCUT2D eigenvalue weighted by atomic mass is 32.1. The van der Waals surface area contributed by atoms with Crippen LogP contribution in [0.4, 0.5) is 4.39 Å². The molecule has 9 heteroatoms. The van der Waals surface area contributed by atoms with Crippen LogP contribution in [-0.4, -0.2) is 35.1 Å². The number of halogens is 1. The van der Waals surface area contributed by atoms with Crippen LogP contribution in [0.2, 0.25) is 0 Å². The lowest BCUT2D eigenvalue weighted by molar-refractivity contribution is -0.121. The molecule has 0 saturated heterocycles. The number of hydrogen-bond donors (Lipinski definition) is 2. The summed E-state index contributed by atoms with van der Waals surface area (Å²) in [7, 11) is 0. The summed E-state index contributed by atoms with van der Waals surface area (Å²) < 4.78 is 19.0. The van der Waals surface area contributed by atoms with Crippen LogP contribution >= 0.6 is 11.3 Å². The molecular weight excluding hydrogens is 371 g/mol. The summed E-state index contributed by atoms with van der Waals surface area (Å²) in [4.78, 5) is 23.7. The van der Waals surface area contributed by atoms with Crippen molar-refractivity contribution in [3.63, 3.8) is 0 Å². The molecule has 3 aromatic rings. The van der Waals surface area contributed by atoms with Gasteiger partial charge in [-0.2, -0.15) is 11.3 Å². The lowest BCUT2D eigenvalue weighted by Crippen LogP contribution is -2.35. The highest BCUT2D eigenvalue weighted by molar-refractivity contribution is 7.08. The first kappa shape index (κ1) is 18.7. The summed E-state index contributed by atoms with van der Waals surface area (Å²) in [5.41, 5.74) is 0.829. The van der Waals surface area contributed by atoms with Crippen LogP contribution < -0.4 is 10.6 Å². The lowest BCUT2D eigenvalue weighted by Gasteiger charge is -2.07. The summed E-state index contributed by atoms with van der Waals surface area (Å²) in [5, 5.41) is 16.9. The SMILES string of the molecule is O=C(CCc1nnc(-c2ccsc2)o1)NCCNC(=O)c1ccccc1F. The summed E-state index contributed by atoms with van der Waals surface area (Å²) >= 11 is 1.53. The van der Waals surface area contributed by atoms with Crippen LogP contribution in [0.3, 0.4) is 0 Å². The van der Waals surface area contributed by atoms with Crippen molar-refractivity contribution in [1.29, 1.82) is 0 Å². The van der Waals surface area contributed by atoms with Crippen molar-refractivity contribution >= 4 is 23.2 Å². The normalized spacial score (nSPS) is 10.6. The van der Waals surface area contributed by atoms with Gasteiger partial charge >= 0.3 is 0 Å². The second kappa shape index (κ2) is 9.04. The molecule has 27 heavy (non-hydrogen) atoms. The zero-order valence-corrected chi connectivity index (χ0v) is 15.1. The van der Waals surface area contributed by atoms with Crippen molar-refractivity contribution in [2.45, 2.75) is 12.8 Å². The minimum absolute atomic E-state index is 0.0263. The highest BCUT2D eigenvalue weighted by Crippen LogP contribution is 2.20.